The molecule has 1 aliphatic rings. The Morgan fingerprint density at radius 1 is 1.40 bits per heavy atom. The highest BCUT2D eigenvalue weighted by molar-refractivity contribution is 5.53. The normalized spacial score (nSPS) is 14.2. The maximum atomic E-state index is 5.87. The van der Waals surface area contributed by atoms with Gasteiger partial charge in [-0.1, -0.05) is 0 Å². The van der Waals surface area contributed by atoms with Crippen LogP contribution in [0.15, 0.2) is 30.6 Å². The van der Waals surface area contributed by atoms with Crippen LogP contribution in [0.3, 0.4) is 0 Å². The third-order valence-corrected chi connectivity index (χ3v) is 3.25. The van der Waals surface area contributed by atoms with Crippen LogP contribution in [0.25, 0.3) is 0 Å². The maximum Gasteiger partial charge on any atom is 0.239 e. The lowest BCUT2D eigenvalue weighted by molar-refractivity contribution is 0.290. The van der Waals surface area contributed by atoms with E-state index in [9.17, 15) is 0 Å². The van der Waals surface area contributed by atoms with Gasteiger partial charge in [0.15, 0.2) is 0 Å². The Morgan fingerprint density at radius 2 is 2.30 bits per heavy atom. The minimum atomic E-state index is 0.529. The number of hydrogen-bond acceptors (Lipinski definition) is 5. The van der Waals surface area contributed by atoms with E-state index < -0.39 is 0 Å². The highest BCUT2D eigenvalue weighted by Gasteiger charge is 2.22. The molecule has 2 aromatic rings. The molecule has 1 saturated carbocycles. The molecule has 0 amide bonds. The van der Waals surface area contributed by atoms with E-state index in [2.05, 4.69) is 15.4 Å². The Balaban J connectivity index is 1.53. The second-order valence-electron chi connectivity index (χ2n) is 5.04. The van der Waals surface area contributed by atoms with E-state index in [0.717, 1.165) is 18.9 Å². The van der Waals surface area contributed by atoms with Crippen LogP contribution in [-0.2, 0) is 6.54 Å². The third kappa shape index (κ3) is 3.40. The summed E-state index contributed by atoms with van der Waals surface area (Å²) in [5.41, 5.74) is 6.46. The zero-order valence-electron chi connectivity index (χ0n) is 11.3. The summed E-state index contributed by atoms with van der Waals surface area (Å²) in [6, 6.07) is 5.60. The zero-order chi connectivity index (χ0) is 13.8. The van der Waals surface area contributed by atoms with Crippen molar-refractivity contribution in [3.63, 3.8) is 0 Å². The highest BCUT2D eigenvalue weighted by Crippen LogP contribution is 2.30. The lowest BCUT2D eigenvalue weighted by atomic mass is 10.4. The van der Waals surface area contributed by atoms with Crippen molar-refractivity contribution in [2.75, 3.05) is 24.2 Å². The summed E-state index contributed by atoms with van der Waals surface area (Å²) in [7, 11) is 0. The Morgan fingerprint density at radius 3 is 3.05 bits per heavy atom. The second kappa shape index (κ2) is 5.81. The molecule has 0 aliphatic heterocycles. The molecule has 1 fully saturated rings. The second-order valence-corrected chi connectivity index (χ2v) is 5.04. The van der Waals surface area contributed by atoms with Crippen molar-refractivity contribution in [1.29, 1.82) is 0 Å². The van der Waals surface area contributed by atoms with Gasteiger partial charge in [-0.05, 0) is 37.0 Å². The van der Waals surface area contributed by atoms with Gasteiger partial charge in [-0.25, -0.2) is 0 Å². The number of aromatic nitrogens is 3. The van der Waals surface area contributed by atoms with Crippen LogP contribution >= 0.6 is 0 Å². The first-order chi connectivity index (χ1) is 9.81. The van der Waals surface area contributed by atoms with Crippen molar-refractivity contribution in [2.24, 2.45) is 5.92 Å². The van der Waals surface area contributed by atoms with E-state index in [1.807, 2.05) is 29.1 Å². The van der Waals surface area contributed by atoms with Gasteiger partial charge >= 0.3 is 0 Å². The lowest BCUT2D eigenvalue weighted by Gasteiger charge is -2.10. The number of ether oxygens (including phenoxy) is 1. The smallest absolute Gasteiger partial charge is 0.239 e. The third-order valence-electron chi connectivity index (χ3n) is 3.25. The van der Waals surface area contributed by atoms with Gasteiger partial charge in [-0.3, -0.25) is 4.68 Å². The molecule has 0 unspecified atom stereocenters. The summed E-state index contributed by atoms with van der Waals surface area (Å²) >= 11 is 0. The number of nitrogens with one attached hydrogen (secondary N) is 1. The van der Waals surface area contributed by atoms with E-state index in [0.29, 0.717) is 24.1 Å². The first-order valence-corrected chi connectivity index (χ1v) is 6.92. The van der Waals surface area contributed by atoms with Crippen molar-refractivity contribution in [2.45, 2.75) is 19.4 Å². The van der Waals surface area contributed by atoms with Crippen molar-refractivity contribution in [3.8, 4) is 5.88 Å². The molecule has 3 rings (SSSR count). The SMILES string of the molecule is Nc1ccc(NCCn2cccn2)nc1OCC1CC1. The Kier molecular flexibility index (Phi) is 3.71. The van der Waals surface area contributed by atoms with Gasteiger partial charge in [-0.2, -0.15) is 10.1 Å². The molecule has 2 heterocycles. The average molecular weight is 273 g/mol. The van der Waals surface area contributed by atoms with E-state index in [1.54, 1.807) is 6.20 Å². The monoisotopic (exact) mass is 273 g/mol. The number of nitrogens with zero attached hydrogens (tertiary/aromatic N) is 3. The summed E-state index contributed by atoms with van der Waals surface area (Å²) in [6.07, 6.45) is 6.21. The molecular formula is C14H19N5O. The molecule has 1 aliphatic carbocycles. The quantitative estimate of drug-likeness (QED) is 0.803. The Hall–Kier alpha value is -2.24. The van der Waals surface area contributed by atoms with Crippen LogP contribution < -0.4 is 15.8 Å². The zero-order valence-corrected chi connectivity index (χ0v) is 11.3. The summed E-state index contributed by atoms with van der Waals surface area (Å²) in [5, 5.41) is 7.39. The minimum Gasteiger partial charge on any atom is -0.476 e. The lowest BCUT2D eigenvalue weighted by Crippen LogP contribution is -2.12. The molecule has 6 heteroatoms. The first-order valence-electron chi connectivity index (χ1n) is 6.92. The molecule has 0 spiro atoms. The highest BCUT2D eigenvalue weighted by atomic mass is 16.5. The molecule has 0 bridgehead atoms. The van der Waals surface area contributed by atoms with Crippen LogP contribution in [0.2, 0.25) is 0 Å². The average Bonchev–Trinajstić information content (AvgIpc) is 3.14. The van der Waals surface area contributed by atoms with Crippen molar-refractivity contribution in [1.82, 2.24) is 14.8 Å². The molecule has 20 heavy (non-hydrogen) atoms. The Bertz CT molecular complexity index is 551. The first kappa shape index (κ1) is 12.8. The fourth-order valence-electron chi connectivity index (χ4n) is 1.88. The number of rotatable bonds is 7. The summed E-state index contributed by atoms with van der Waals surface area (Å²) in [4.78, 5) is 4.40. The van der Waals surface area contributed by atoms with E-state index in [4.69, 9.17) is 10.5 Å². The van der Waals surface area contributed by atoms with Crippen LogP contribution in [0, 0.1) is 5.92 Å². The topological polar surface area (TPSA) is 78.0 Å². The van der Waals surface area contributed by atoms with Crippen LogP contribution in [0.5, 0.6) is 5.88 Å². The molecule has 3 N–H and O–H groups in total. The standard InChI is InChI=1S/C14H19N5O/c15-12-4-5-13(16-7-9-19-8-1-6-17-19)18-14(12)20-10-11-2-3-11/h1,4-6,8,11H,2-3,7,9-10,15H2,(H,16,18). The summed E-state index contributed by atoms with van der Waals surface area (Å²) < 4.78 is 7.53. The number of nitrogen functional groups attached to an aromatic ring is 1. The van der Waals surface area contributed by atoms with E-state index in [-0.39, 0.29) is 0 Å². The van der Waals surface area contributed by atoms with E-state index >= 15 is 0 Å². The summed E-state index contributed by atoms with van der Waals surface area (Å²) in [6.45, 7) is 2.26. The van der Waals surface area contributed by atoms with Gasteiger partial charge in [0.2, 0.25) is 5.88 Å². The molecular weight excluding hydrogens is 254 g/mol. The van der Waals surface area contributed by atoms with Crippen molar-refractivity contribution >= 4 is 11.5 Å². The predicted molar refractivity (Wildman–Crippen MR) is 77.6 cm³/mol. The van der Waals surface area contributed by atoms with Gasteiger partial charge < -0.3 is 15.8 Å². The van der Waals surface area contributed by atoms with Gasteiger partial charge in [0.1, 0.15) is 5.82 Å². The molecule has 0 saturated heterocycles. The molecule has 2 aromatic heterocycles. The van der Waals surface area contributed by atoms with Crippen LogP contribution in [0.1, 0.15) is 12.8 Å². The van der Waals surface area contributed by atoms with Gasteiger partial charge in [-0.15, -0.1) is 0 Å². The number of pyridine rings is 1. The predicted octanol–water partition coefficient (Wildman–Crippen LogP) is 1.76. The Labute approximate surface area is 118 Å². The van der Waals surface area contributed by atoms with Crippen LogP contribution in [-0.4, -0.2) is 27.9 Å². The molecule has 0 atom stereocenters. The molecule has 0 radical (unpaired) electrons. The van der Waals surface area contributed by atoms with Crippen molar-refractivity contribution < 1.29 is 4.74 Å². The number of anilines is 2. The molecule has 106 valence electrons. The van der Waals surface area contributed by atoms with Gasteiger partial charge in [0.25, 0.3) is 0 Å². The molecule has 6 nitrogen and oxygen atoms in total. The maximum absolute atomic E-state index is 5.87. The number of hydrogen-bond donors (Lipinski definition) is 2. The van der Waals surface area contributed by atoms with Crippen molar-refractivity contribution in [3.05, 3.63) is 30.6 Å². The fourth-order valence-corrected chi connectivity index (χ4v) is 1.88. The van der Waals surface area contributed by atoms with Gasteiger partial charge in [0.05, 0.1) is 18.8 Å². The summed E-state index contributed by atoms with van der Waals surface area (Å²) in [5.74, 6) is 1.99. The minimum absolute atomic E-state index is 0.529. The fraction of sp³-hybridized carbons (Fsp3) is 0.429. The van der Waals surface area contributed by atoms with Gasteiger partial charge in [0, 0.05) is 18.9 Å². The largest absolute Gasteiger partial charge is 0.476 e. The van der Waals surface area contributed by atoms with Crippen LogP contribution in [0.4, 0.5) is 11.5 Å². The molecule has 0 aromatic carbocycles. The van der Waals surface area contributed by atoms with E-state index in [1.165, 1.54) is 12.8 Å². The number of nitrogens with two attached hydrogens (primary N) is 1.